The number of rotatable bonds is 4. The first-order chi connectivity index (χ1) is 13.5. The second kappa shape index (κ2) is 7.76. The summed E-state index contributed by atoms with van der Waals surface area (Å²) in [6.45, 7) is 2.07. The lowest BCUT2D eigenvalue weighted by atomic mass is 10.0. The van der Waals surface area contributed by atoms with Gasteiger partial charge in [-0.1, -0.05) is 0 Å². The van der Waals surface area contributed by atoms with Gasteiger partial charge >= 0.3 is 0 Å². The zero-order valence-electron chi connectivity index (χ0n) is 16.1. The molecule has 0 saturated carbocycles. The maximum absolute atomic E-state index is 12.8. The number of aliphatic hydroxyl groups excluding tert-OH is 1. The van der Waals surface area contributed by atoms with Crippen molar-refractivity contribution in [1.82, 2.24) is 20.1 Å². The van der Waals surface area contributed by atoms with E-state index >= 15 is 0 Å². The van der Waals surface area contributed by atoms with Crippen molar-refractivity contribution in [3.05, 3.63) is 35.3 Å². The third-order valence-electron chi connectivity index (χ3n) is 5.09. The number of anilines is 1. The van der Waals surface area contributed by atoms with Crippen molar-refractivity contribution in [2.45, 2.75) is 25.0 Å². The van der Waals surface area contributed by atoms with Crippen LogP contribution in [0.1, 0.15) is 28.0 Å². The lowest BCUT2D eigenvalue weighted by Crippen LogP contribution is -2.49. The zero-order chi connectivity index (χ0) is 19.7. The molecular weight excluding hydrogens is 362 g/mol. The van der Waals surface area contributed by atoms with Crippen LogP contribution in [0.25, 0.3) is 0 Å². The second-order valence-electron chi connectivity index (χ2n) is 7.30. The lowest BCUT2D eigenvalue weighted by Gasteiger charge is -2.30. The molecule has 9 heteroatoms. The van der Waals surface area contributed by atoms with E-state index in [2.05, 4.69) is 15.4 Å². The topological polar surface area (TPSA) is 102 Å². The minimum absolute atomic E-state index is 0.295. The molecule has 2 unspecified atom stereocenters. The van der Waals surface area contributed by atoms with Crippen molar-refractivity contribution in [1.29, 1.82) is 0 Å². The van der Waals surface area contributed by atoms with Gasteiger partial charge in [0.15, 0.2) is 11.6 Å². The van der Waals surface area contributed by atoms with Crippen molar-refractivity contribution in [3.8, 4) is 5.75 Å². The summed E-state index contributed by atoms with van der Waals surface area (Å²) in [6.07, 6.45) is 4.22. The summed E-state index contributed by atoms with van der Waals surface area (Å²) in [6, 6.07) is 1.32. The summed E-state index contributed by atoms with van der Waals surface area (Å²) >= 11 is 0. The summed E-state index contributed by atoms with van der Waals surface area (Å²) in [4.78, 5) is 19.4. The number of carbonyl (C=O) groups excluding carboxylic acids is 1. The number of nitrogens with one attached hydrogen (secondary N) is 1. The fourth-order valence-corrected chi connectivity index (χ4v) is 3.52. The molecule has 2 aliphatic rings. The van der Waals surface area contributed by atoms with E-state index < -0.39 is 12.1 Å². The fraction of sp³-hybridized carbons (Fsp3) is 0.526. The number of aliphatic hydroxyl groups is 1. The number of fused-ring (bicyclic) bond motifs is 1. The Labute approximate surface area is 163 Å². The van der Waals surface area contributed by atoms with E-state index in [1.54, 1.807) is 16.9 Å². The molecule has 2 atom stereocenters. The van der Waals surface area contributed by atoms with Gasteiger partial charge < -0.3 is 24.8 Å². The summed E-state index contributed by atoms with van der Waals surface area (Å²) in [5.74, 6) is 1.03. The van der Waals surface area contributed by atoms with Gasteiger partial charge in [-0.2, -0.15) is 5.10 Å². The number of hydrogen-bond donors (Lipinski definition) is 2. The zero-order valence-corrected chi connectivity index (χ0v) is 16.1. The number of amides is 1. The number of hydrogen-bond acceptors (Lipinski definition) is 7. The van der Waals surface area contributed by atoms with E-state index in [4.69, 9.17) is 9.47 Å². The molecule has 4 rings (SSSR count). The van der Waals surface area contributed by atoms with Gasteiger partial charge in [-0.05, 0) is 18.1 Å². The van der Waals surface area contributed by atoms with Crippen LogP contribution in [0.4, 0.5) is 5.82 Å². The predicted molar refractivity (Wildman–Crippen MR) is 102 cm³/mol. The van der Waals surface area contributed by atoms with Crippen LogP contribution in [-0.4, -0.2) is 71.3 Å². The largest absolute Gasteiger partial charge is 0.488 e. The van der Waals surface area contributed by atoms with Gasteiger partial charge in [0.1, 0.15) is 12.3 Å². The molecule has 4 heterocycles. The van der Waals surface area contributed by atoms with E-state index in [0.717, 1.165) is 11.1 Å². The minimum Gasteiger partial charge on any atom is -0.488 e. The highest BCUT2D eigenvalue weighted by atomic mass is 16.5. The fourth-order valence-electron chi connectivity index (χ4n) is 3.52. The predicted octanol–water partition coefficient (Wildman–Crippen LogP) is 0.114. The van der Waals surface area contributed by atoms with Crippen molar-refractivity contribution in [2.75, 3.05) is 38.3 Å². The summed E-state index contributed by atoms with van der Waals surface area (Å²) in [7, 11) is 3.80. The van der Waals surface area contributed by atoms with Crippen molar-refractivity contribution >= 4 is 11.7 Å². The van der Waals surface area contributed by atoms with Crippen LogP contribution in [0.2, 0.25) is 0 Å². The van der Waals surface area contributed by atoms with Crippen LogP contribution in [0.15, 0.2) is 18.5 Å². The first-order valence-electron chi connectivity index (χ1n) is 9.43. The first kappa shape index (κ1) is 18.7. The van der Waals surface area contributed by atoms with Crippen LogP contribution in [0.5, 0.6) is 5.75 Å². The van der Waals surface area contributed by atoms with Crippen molar-refractivity contribution < 1.29 is 19.4 Å². The average molecular weight is 387 g/mol. The van der Waals surface area contributed by atoms with Crippen LogP contribution >= 0.6 is 0 Å². The number of pyridine rings is 1. The van der Waals surface area contributed by atoms with Gasteiger partial charge in [-0.15, -0.1) is 0 Å². The molecule has 0 bridgehead atoms. The monoisotopic (exact) mass is 387 g/mol. The lowest BCUT2D eigenvalue weighted by molar-refractivity contribution is -0.0140. The standard InChI is InChI=1S/C19H25N5O4/c1-23-4-6-28-17-13(7-12-9-20-24(2)10-12)8-14(21-18(17)23)19(26)22-15-11-27-5-3-16(15)25/h8-10,15-16,25H,3-7,11H2,1-2H3,(H,22,26). The normalized spacial score (nSPS) is 21.8. The Bertz CT molecular complexity index is 868. The molecule has 9 nitrogen and oxygen atoms in total. The Morgan fingerprint density at radius 2 is 2.25 bits per heavy atom. The maximum atomic E-state index is 12.8. The van der Waals surface area contributed by atoms with E-state index in [0.29, 0.717) is 56.5 Å². The summed E-state index contributed by atoms with van der Waals surface area (Å²) < 4.78 is 13.0. The Hall–Kier alpha value is -2.65. The average Bonchev–Trinajstić information content (AvgIpc) is 3.09. The van der Waals surface area contributed by atoms with E-state index in [1.807, 2.05) is 25.2 Å². The molecule has 0 spiro atoms. The number of aryl methyl sites for hydroxylation is 1. The molecule has 150 valence electrons. The number of aromatic nitrogens is 3. The van der Waals surface area contributed by atoms with Gasteiger partial charge in [-0.25, -0.2) is 4.98 Å². The highest BCUT2D eigenvalue weighted by Gasteiger charge is 2.28. The molecule has 1 fully saturated rings. The van der Waals surface area contributed by atoms with Crippen LogP contribution in [0.3, 0.4) is 0 Å². The second-order valence-corrected chi connectivity index (χ2v) is 7.30. The SMILES string of the molecule is CN1CCOc2c(Cc3cnn(C)c3)cc(C(=O)NC3COCCC3O)nc21. The highest BCUT2D eigenvalue weighted by molar-refractivity contribution is 5.93. The highest BCUT2D eigenvalue weighted by Crippen LogP contribution is 2.34. The van der Waals surface area contributed by atoms with E-state index in [-0.39, 0.29) is 5.91 Å². The van der Waals surface area contributed by atoms with E-state index in [1.165, 1.54) is 0 Å². The molecule has 28 heavy (non-hydrogen) atoms. The quantitative estimate of drug-likeness (QED) is 0.768. The van der Waals surface area contributed by atoms with Crippen LogP contribution in [0, 0.1) is 0 Å². The van der Waals surface area contributed by atoms with Crippen molar-refractivity contribution in [3.63, 3.8) is 0 Å². The molecule has 1 saturated heterocycles. The Balaban J connectivity index is 1.64. The molecule has 1 amide bonds. The molecule has 0 aromatic carbocycles. The van der Waals surface area contributed by atoms with Crippen molar-refractivity contribution in [2.24, 2.45) is 7.05 Å². The summed E-state index contributed by atoms with van der Waals surface area (Å²) in [5.41, 5.74) is 2.21. The smallest absolute Gasteiger partial charge is 0.270 e. The third-order valence-corrected chi connectivity index (χ3v) is 5.09. The van der Waals surface area contributed by atoms with Gasteiger partial charge in [0.2, 0.25) is 0 Å². The molecule has 2 aromatic rings. The minimum atomic E-state index is -0.615. The van der Waals surface area contributed by atoms with Gasteiger partial charge in [0, 0.05) is 38.9 Å². The molecule has 2 N–H and O–H groups in total. The molecule has 2 aliphatic heterocycles. The van der Waals surface area contributed by atoms with Crippen LogP contribution in [-0.2, 0) is 18.2 Å². The molecular formula is C19H25N5O4. The van der Waals surface area contributed by atoms with Gasteiger partial charge in [0.05, 0.1) is 31.5 Å². The Morgan fingerprint density at radius 1 is 1.39 bits per heavy atom. The number of carbonyl (C=O) groups is 1. The maximum Gasteiger partial charge on any atom is 0.270 e. The first-order valence-corrected chi connectivity index (χ1v) is 9.43. The van der Waals surface area contributed by atoms with Gasteiger partial charge in [-0.3, -0.25) is 9.48 Å². The van der Waals surface area contributed by atoms with E-state index in [9.17, 15) is 9.90 Å². The Morgan fingerprint density at radius 3 is 3.00 bits per heavy atom. The number of ether oxygens (including phenoxy) is 2. The summed E-state index contributed by atoms with van der Waals surface area (Å²) in [5, 5.41) is 17.2. The van der Waals surface area contributed by atoms with Crippen LogP contribution < -0.4 is 15.0 Å². The number of likely N-dealkylation sites (N-methyl/N-ethyl adjacent to an activating group) is 1. The molecule has 0 aliphatic carbocycles. The molecule has 2 aromatic heterocycles. The van der Waals surface area contributed by atoms with Gasteiger partial charge in [0.25, 0.3) is 5.91 Å². The Kier molecular flexibility index (Phi) is 5.19. The molecule has 0 radical (unpaired) electrons. The number of nitrogens with zero attached hydrogens (tertiary/aromatic N) is 4. The third kappa shape index (κ3) is 3.81.